The summed E-state index contributed by atoms with van der Waals surface area (Å²) in [6.45, 7) is 1.44. The van der Waals surface area contributed by atoms with E-state index in [9.17, 15) is 9.59 Å². The van der Waals surface area contributed by atoms with Gasteiger partial charge in [0.15, 0.2) is 6.61 Å². The Hall–Kier alpha value is -3.99. The van der Waals surface area contributed by atoms with Crippen LogP contribution in [0, 0.1) is 6.92 Å². The first-order chi connectivity index (χ1) is 14.6. The number of nitrogens with one attached hydrogen (secondary N) is 1. The van der Waals surface area contributed by atoms with Gasteiger partial charge in [-0.3, -0.25) is 9.78 Å². The molecule has 5 heteroatoms. The third-order valence-electron chi connectivity index (χ3n) is 4.68. The highest BCUT2D eigenvalue weighted by molar-refractivity contribution is 6.04. The van der Waals surface area contributed by atoms with Crippen LogP contribution >= 0.6 is 0 Å². The lowest BCUT2D eigenvalue weighted by atomic mass is 10.0. The van der Waals surface area contributed by atoms with Crippen molar-refractivity contribution in [3.05, 3.63) is 96.2 Å². The minimum Gasteiger partial charge on any atom is -0.452 e. The van der Waals surface area contributed by atoms with Crippen molar-refractivity contribution in [2.45, 2.75) is 6.92 Å². The summed E-state index contributed by atoms with van der Waals surface area (Å²) in [6, 6.07) is 26.3. The highest BCUT2D eigenvalue weighted by Crippen LogP contribution is 2.27. The molecule has 1 aromatic heterocycles. The lowest BCUT2D eigenvalue weighted by Crippen LogP contribution is -2.21. The van der Waals surface area contributed by atoms with Gasteiger partial charge in [-0.25, -0.2) is 4.79 Å². The van der Waals surface area contributed by atoms with Crippen LogP contribution in [0.4, 0.5) is 5.69 Å². The molecule has 4 aromatic rings. The van der Waals surface area contributed by atoms with Crippen LogP contribution in [-0.2, 0) is 9.53 Å². The number of pyridine rings is 1. The Bertz CT molecular complexity index is 1220. The van der Waals surface area contributed by atoms with Crippen molar-refractivity contribution in [3.8, 4) is 11.1 Å². The fourth-order valence-electron chi connectivity index (χ4n) is 3.33. The number of carbonyl (C=O) groups excluding carboxylic acids is 2. The predicted molar refractivity (Wildman–Crippen MR) is 117 cm³/mol. The Balaban J connectivity index is 1.47. The number of hydrogen-bond donors (Lipinski definition) is 1. The molecule has 1 heterocycles. The summed E-state index contributed by atoms with van der Waals surface area (Å²) in [6.07, 6.45) is 0. The number of esters is 1. The van der Waals surface area contributed by atoms with Crippen molar-refractivity contribution in [1.29, 1.82) is 0 Å². The van der Waals surface area contributed by atoms with Crippen molar-refractivity contribution in [3.63, 3.8) is 0 Å². The van der Waals surface area contributed by atoms with Crippen LogP contribution in [0.15, 0.2) is 84.9 Å². The molecule has 1 N–H and O–H groups in total. The maximum atomic E-state index is 12.6. The van der Waals surface area contributed by atoms with Crippen LogP contribution in [0.3, 0.4) is 0 Å². The van der Waals surface area contributed by atoms with Gasteiger partial charge in [0, 0.05) is 22.3 Å². The van der Waals surface area contributed by atoms with Crippen molar-refractivity contribution in [2.75, 3.05) is 11.9 Å². The quantitative estimate of drug-likeness (QED) is 0.482. The molecule has 5 nitrogen and oxygen atoms in total. The zero-order chi connectivity index (χ0) is 20.9. The fraction of sp³-hybridized carbons (Fsp3) is 0.0800. The average Bonchev–Trinajstić information content (AvgIpc) is 2.78. The number of ether oxygens (including phenoxy) is 1. The fourth-order valence-corrected chi connectivity index (χ4v) is 3.33. The molecular weight excluding hydrogens is 376 g/mol. The number of carbonyl (C=O) groups is 2. The van der Waals surface area contributed by atoms with Gasteiger partial charge in [0.05, 0.1) is 11.1 Å². The number of aromatic nitrogens is 1. The highest BCUT2D eigenvalue weighted by Gasteiger charge is 2.15. The van der Waals surface area contributed by atoms with E-state index in [2.05, 4.69) is 10.3 Å². The maximum Gasteiger partial charge on any atom is 0.339 e. The third kappa shape index (κ3) is 4.20. The SMILES string of the molecule is Cc1cc(C(=O)OCC(=O)Nc2ccccc2-c2ccccc2)c2ccccc2n1. The molecule has 0 radical (unpaired) electrons. The van der Waals surface area contributed by atoms with Gasteiger partial charge in [-0.2, -0.15) is 0 Å². The van der Waals surface area contributed by atoms with Gasteiger partial charge in [-0.05, 0) is 30.7 Å². The second kappa shape index (κ2) is 8.57. The standard InChI is InChI=1S/C25H20N2O3/c1-17-15-21(20-12-6-8-14-23(20)26-17)25(29)30-16-24(28)27-22-13-7-5-11-19(22)18-9-3-2-4-10-18/h2-15H,16H2,1H3,(H,27,28). The smallest absolute Gasteiger partial charge is 0.339 e. The van der Waals surface area contributed by atoms with Crippen LogP contribution in [0.5, 0.6) is 0 Å². The number of hydrogen-bond acceptors (Lipinski definition) is 4. The molecular formula is C25H20N2O3. The number of benzene rings is 3. The predicted octanol–water partition coefficient (Wildman–Crippen LogP) is 5.01. The zero-order valence-corrected chi connectivity index (χ0v) is 16.5. The molecule has 4 rings (SSSR count). The van der Waals surface area contributed by atoms with Crippen molar-refractivity contribution < 1.29 is 14.3 Å². The molecule has 148 valence electrons. The Morgan fingerprint density at radius 3 is 2.43 bits per heavy atom. The Labute approximate surface area is 174 Å². The summed E-state index contributed by atoms with van der Waals surface area (Å²) < 4.78 is 5.29. The largest absolute Gasteiger partial charge is 0.452 e. The van der Waals surface area contributed by atoms with Gasteiger partial charge in [-0.1, -0.05) is 66.7 Å². The molecule has 30 heavy (non-hydrogen) atoms. The number of aryl methyl sites for hydroxylation is 1. The van der Waals surface area contributed by atoms with Gasteiger partial charge in [0.2, 0.25) is 0 Å². The summed E-state index contributed by atoms with van der Waals surface area (Å²) in [5.74, 6) is -0.954. The van der Waals surface area contributed by atoms with E-state index in [-0.39, 0.29) is 6.61 Å². The number of rotatable bonds is 5. The van der Waals surface area contributed by atoms with Crippen LogP contribution in [0.25, 0.3) is 22.0 Å². The number of amides is 1. The molecule has 0 bridgehead atoms. The van der Waals surface area contributed by atoms with Gasteiger partial charge < -0.3 is 10.1 Å². The first-order valence-corrected chi connectivity index (χ1v) is 9.59. The normalized spacial score (nSPS) is 10.6. The molecule has 0 fully saturated rings. The molecule has 0 spiro atoms. The van der Waals surface area contributed by atoms with Gasteiger partial charge in [-0.15, -0.1) is 0 Å². The minimum absolute atomic E-state index is 0.377. The summed E-state index contributed by atoms with van der Waals surface area (Å²) in [7, 11) is 0. The number of anilines is 1. The summed E-state index contributed by atoms with van der Waals surface area (Å²) >= 11 is 0. The summed E-state index contributed by atoms with van der Waals surface area (Å²) in [5, 5.41) is 3.53. The second-order valence-electron chi connectivity index (χ2n) is 6.86. The first kappa shape index (κ1) is 19.3. The molecule has 0 atom stereocenters. The molecule has 1 amide bonds. The number of nitrogens with zero attached hydrogens (tertiary/aromatic N) is 1. The summed E-state index contributed by atoms with van der Waals surface area (Å²) in [4.78, 5) is 29.5. The van der Waals surface area contributed by atoms with Gasteiger partial charge >= 0.3 is 5.97 Å². The van der Waals surface area contributed by atoms with E-state index in [1.165, 1.54) is 0 Å². The van der Waals surface area contributed by atoms with Crippen LogP contribution in [-0.4, -0.2) is 23.5 Å². The van der Waals surface area contributed by atoms with E-state index in [0.29, 0.717) is 27.8 Å². The third-order valence-corrected chi connectivity index (χ3v) is 4.68. The van der Waals surface area contributed by atoms with Crippen LogP contribution in [0.2, 0.25) is 0 Å². The van der Waals surface area contributed by atoms with Crippen molar-refractivity contribution >= 4 is 28.5 Å². The molecule has 0 aliphatic rings. The molecule has 0 saturated heterocycles. The van der Waals surface area contributed by atoms with E-state index in [0.717, 1.165) is 11.1 Å². The lowest BCUT2D eigenvalue weighted by Gasteiger charge is -2.12. The first-order valence-electron chi connectivity index (χ1n) is 9.59. The number of fused-ring (bicyclic) bond motifs is 1. The molecule has 0 aliphatic heterocycles. The van der Waals surface area contributed by atoms with Gasteiger partial charge in [0.25, 0.3) is 5.91 Å². The second-order valence-corrected chi connectivity index (χ2v) is 6.86. The Morgan fingerprint density at radius 1 is 0.900 bits per heavy atom. The zero-order valence-electron chi connectivity index (χ0n) is 16.5. The maximum absolute atomic E-state index is 12.6. The van der Waals surface area contributed by atoms with Crippen molar-refractivity contribution in [1.82, 2.24) is 4.98 Å². The summed E-state index contributed by atoms with van der Waals surface area (Å²) in [5.41, 5.74) is 4.37. The van der Waals surface area contributed by atoms with E-state index in [1.807, 2.05) is 85.8 Å². The highest BCUT2D eigenvalue weighted by atomic mass is 16.5. The van der Waals surface area contributed by atoms with Crippen molar-refractivity contribution in [2.24, 2.45) is 0 Å². The van der Waals surface area contributed by atoms with Crippen LogP contribution in [0.1, 0.15) is 16.1 Å². The van der Waals surface area contributed by atoms with E-state index >= 15 is 0 Å². The lowest BCUT2D eigenvalue weighted by molar-refractivity contribution is -0.119. The minimum atomic E-state index is -0.553. The Kier molecular flexibility index (Phi) is 5.52. The van der Waals surface area contributed by atoms with Crippen LogP contribution < -0.4 is 5.32 Å². The Morgan fingerprint density at radius 2 is 1.60 bits per heavy atom. The average molecular weight is 396 g/mol. The molecule has 0 unspecified atom stereocenters. The van der Waals surface area contributed by atoms with Gasteiger partial charge in [0.1, 0.15) is 0 Å². The molecule has 0 aliphatic carbocycles. The van der Waals surface area contributed by atoms with E-state index in [1.54, 1.807) is 6.07 Å². The topological polar surface area (TPSA) is 68.3 Å². The van der Waals surface area contributed by atoms with E-state index in [4.69, 9.17) is 4.74 Å². The molecule has 0 saturated carbocycles. The monoisotopic (exact) mass is 396 g/mol. The van der Waals surface area contributed by atoms with E-state index < -0.39 is 11.9 Å². The molecule has 3 aromatic carbocycles. The number of para-hydroxylation sites is 2.